The Bertz CT molecular complexity index is 1870. The van der Waals surface area contributed by atoms with Crippen molar-refractivity contribution in [1.82, 2.24) is 31.9 Å². The van der Waals surface area contributed by atoms with Gasteiger partial charge in [0, 0.05) is 25.9 Å². The molecule has 2 aromatic carbocycles. The Labute approximate surface area is 357 Å². The van der Waals surface area contributed by atoms with Crippen LogP contribution in [0.15, 0.2) is 36.4 Å². The summed E-state index contributed by atoms with van der Waals surface area (Å²) in [5.41, 5.74) is -0.700. The first-order chi connectivity index (χ1) is 28.3. The number of benzene rings is 2. The van der Waals surface area contributed by atoms with Crippen molar-refractivity contribution in [2.75, 3.05) is 19.7 Å². The minimum absolute atomic E-state index is 0.0420. The number of carbonyl (C=O) groups is 6. The summed E-state index contributed by atoms with van der Waals surface area (Å²) in [7, 11) is 0. The van der Waals surface area contributed by atoms with E-state index in [9.17, 15) is 44.1 Å². The molecule has 1 aliphatic heterocycles. The molecule has 0 saturated heterocycles. The van der Waals surface area contributed by atoms with E-state index >= 15 is 0 Å². The fourth-order valence-corrected chi connectivity index (χ4v) is 6.15. The fraction of sp³-hybridized carbons (Fsp3) is 0.581. The Morgan fingerprint density at radius 3 is 1.70 bits per heavy atom. The highest BCUT2D eigenvalue weighted by molar-refractivity contribution is 5.94. The number of aliphatic hydroxyl groups is 1. The van der Waals surface area contributed by atoms with E-state index in [1.165, 1.54) is 12.1 Å². The van der Waals surface area contributed by atoms with Crippen LogP contribution in [0, 0.1) is 0 Å². The molecule has 2 aromatic rings. The zero-order valence-corrected chi connectivity index (χ0v) is 36.7. The summed E-state index contributed by atoms with van der Waals surface area (Å²) < 4.78 is 16.0. The molecule has 6 amide bonds. The predicted octanol–water partition coefficient (Wildman–Crippen LogP) is 3.81. The summed E-state index contributed by atoms with van der Waals surface area (Å²) in [5, 5.41) is 48.1. The number of carbonyl (C=O) groups excluding carboxylic acids is 6. The molecule has 18 nitrogen and oxygen atoms in total. The van der Waals surface area contributed by atoms with Crippen LogP contribution < -0.4 is 31.9 Å². The van der Waals surface area contributed by atoms with Gasteiger partial charge in [-0.1, -0.05) is 12.1 Å². The van der Waals surface area contributed by atoms with Crippen molar-refractivity contribution in [1.29, 1.82) is 0 Å². The Hall–Kier alpha value is -5.78. The van der Waals surface area contributed by atoms with E-state index in [1.54, 1.807) is 86.6 Å². The smallest absolute Gasteiger partial charge is 0.408 e. The summed E-state index contributed by atoms with van der Waals surface area (Å²) in [6.45, 7) is 15.0. The summed E-state index contributed by atoms with van der Waals surface area (Å²) in [4.78, 5) is 79.9. The number of amides is 6. The third-order valence-electron chi connectivity index (χ3n) is 8.92. The maximum Gasteiger partial charge on any atom is 0.408 e. The molecule has 1 heterocycles. The highest BCUT2D eigenvalue weighted by Crippen LogP contribution is 2.31. The van der Waals surface area contributed by atoms with Gasteiger partial charge in [-0.25, -0.2) is 14.4 Å². The van der Waals surface area contributed by atoms with Gasteiger partial charge in [0.1, 0.15) is 46.4 Å². The third kappa shape index (κ3) is 17.8. The van der Waals surface area contributed by atoms with Gasteiger partial charge in [-0.3, -0.25) is 14.4 Å². The maximum atomic E-state index is 14.3. The summed E-state index contributed by atoms with van der Waals surface area (Å²) in [5.74, 6) is -2.68. The number of phenols is 2. The number of aromatic hydroxyl groups is 2. The van der Waals surface area contributed by atoms with Gasteiger partial charge < -0.3 is 61.4 Å². The summed E-state index contributed by atoms with van der Waals surface area (Å²) >= 11 is 0. The lowest BCUT2D eigenvalue weighted by atomic mass is 9.95. The van der Waals surface area contributed by atoms with Crippen molar-refractivity contribution in [3.63, 3.8) is 0 Å². The number of alkyl carbamates (subject to hydrolysis) is 3. The van der Waals surface area contributed by atoms with Crippen LogP contribution in [0.3, 0.4) is 0 Å². The van der Waals surface area contributed by atoms with E-state index in [4.69, 9.17) is 14.2 Å². The Kier molecular flexibility index (Phi) is 17.6. The SMILES string of the molecule is CC(C)(C)OC(=O)NCCC[C@H](CO)NC(=O)[C@@H]1Cc2cc(ccc2O)-c2ccc(O)c(c2)C[C@H](NC(=O)OC(C)(C)C)C(=O)N[C@@H](CCCNC(=O)OC(C)(C)C)C(=O)N1. The van der Waals surface area contributed by atoms with Gasteiger partial charge in [-0.2, -0.15) is 0 Å². The van der Waals surface area contributed by atoms with E-state index < -0.39 is 83.6 Å². The van der Waals surface area contributed by atoms with E-state index in [2.05, 4.69) is 31.9 Å². The lowest BCUT2D eigenvalue weighted by molar-refractivity contribution is -0.133. The molecule has 0 unspecified atom stereocenters. The maximum absolute atomic E-state index is 14.3. The van der Waals surface area contributed by atoms with E-state index in [1.807, 2.05) is 0 Å². The summed E-state index contributed by atoms with van der Waals surface area (Å²) in [6.07, 6.45) is -2.03. The summed E-state index contributed by atoms with van der Waals surface area (Å²) in [6, 6.07) is 4.48. The highest BCUT2D eigenvalue weighted by atomic mass is 16.6. The molecule has 3 rings (SSSR count). The number of hydrogen-bond acceptors (Lipinski definition) is 12. The number of aliphatic hydroxyl groups excluding tert-OH is 1. The molecule has 0 aliphatic carbocycles. The molecule has 4 atom stereocenters. The lowest BCUT2D eigenvalue weighted by Crippen LogP contribution is -2.58. The van der Waals surface area contributed by atoms with Crippen molar-refractivity contribution in [3.8, 4) is 22.6 Å². The molecule has 0 spiro atoms. The van der Waals surface area contributed by atoms with Gasteiger partial charge in [-0.15, -0.1) is 0 Å². The number of fused-ring (bicyclic) bond motifs is 5. The molecule has 0 fully saturated rings. The van der Waals surface area contributed by atoms with Gasteiger partial charge >= 0.3 is 18.3 Å². The van der Waals surface area contributed by atoms with Gasteiger partial charge in [0.2, 0.25) is 17.7 Å². The average molecular weight is 857 g/mol. The quantitative estimate of drug-likeness (QED) is 0.109. The van der Waals surface area contributed by atoms with E-state index in [0.717, 1.165) is 0 Å². The van der Waals surface area contributed by atoms with Gasteiger partial charge in [0.15, 0.2) is 0 Å². The minimum Gasteiger partial charge on any atom is -0.508 e. The van der Waals surface area contributed by atoms with Crippen molar-refractivity contribution >= 4 is 36.0 Å². The van der Waals surface area contributed by atoms with Gasteiger partial charge in [0.05, 0.1) is 12.6 Å². The van der Waals surface area contributed by atoms with Crippen LogP contribution in [0.1, 0.15) is 99.1 Å². The van der Waals surface area contributed by atoms with Crippen molar-refractivity contribution in [2.45, 2.75) is 142 Å². The second-order valence-corrected chi connectivity index (χ2v) is 17.9. The van der Waals surface area contributed by atoms with Gasteiger partial charge in [0.25, 0.3) is 0 Å². The Morgan fingerprint density at radius 2 is 1.20 bits per heavy atom. The molecule has 1 aliphatic rings. The van der Waals surface area contributed by atoms with Crippen LogP contribution in [0.25, 0.3) is 11.1 Å². The number of ether oxygens (including phenoxy) is 3. The Balaban J connectivity index is 2.01. The number of rotatable bonds is 12. The monoisotopic (exact) mass is 856 g/mol. The number of nitrogens with one attached hydrogen (secondary N) is 6. The van der Waals surface area contributed by atoms with Crippen molar-refractivity contribution < 1.29 is 58.3 Å². The second kappa shape index (κ2) is 21.7. The average Bonchev–Trinajstić information content (AvgIpc) is 3.12. The van der Waals surface area contributed by atoms with E-state index in [-0.39, 0.29) is 67.8 Å². The molecule has 4 bridgehead atoms. The zero-order valence-electron chi connectivity index (χ0n) is 36.7. The molecule has 9 N–H and O–H groups in total. The van der Waals surface area contributed by atoms with Crippen molar-refractivity contribution in [3.05, 3.63) is 47.5 Å². The molecular weight excluding hydrogens is 793 g/mol. The van der Waals surface area contributed by atoms with Crippen LogP contribution in [0.2, 0.25) is 0 Å². The first kappa shape index (κ1) is 49.6. The van der Waals surface area contributed by atoms with Crippen molar-refractivity contribution in [2.24, 2.45) is 0 Å². The molecule has 0 saturated carbocycles. The molecular formula is C43H64N6O12. The number of hydrogen-bond donors (Lipinski definition) is 9. The van der Waals surface area contributed by atoms with Crippen LogP contribution in [-0.2, 0) is 41.4 Å². The van der Waals surface area contributed by atoms with Crippen LogP contribution in [0.4, 0.5) is 14.4 Å². The van der Waals surface area contributed by atoms with Gasteiger partial charge in [-0.05, 0) is 135 Å². The standard InChI is InChI=1S/C43H64N6O12/c1-41(2,3)59-38(56)44-18-10-12-29(24-50)46-36(54)31-22-27-20-25(14-16-33(27)51)26-15-17-34(52)28(21-26)23-32(49-40(58)61-43(7,8)9)37(55)47-30(35(53)48-31)13-11-19-45-39(57)60-42(4,5)6/h14-17,20-21,29-32,50-52H,10-13,18-19,22-24H2,1-9H3,(H,44,56)(H,45,57)(H,46,54)(H,47,55)(H,48,53)(H,49,58)/t29-,30+,31+,32+/m1/s1. The topological polar surface area (TPSA) is 263 Å². The first-order valence-corrected chi connectivity index (χ1v) is 20.4. The van der Waals surface area contributed by atoms with Crippen LogP contribution >= 0.6 is 0 Å². The first-order valence-electron chi connectivity index (χ1n) is 20.4. The predicted molar refractivity (Wildman–Crippen MR) is 226 cm³/mol. The highest BCUT2D eigenvalue weighted by Gasteiger charge is 2.33. The lowest BCUT2D eigenvalue weighted by Gasteiger charge is -2.27. The molecule has 61 heavy (non-hydrogen) atoms. The van der Waals surface area contributed by atoms with Crippen LogP contribution in [0.5, 0.6) is 11.5 Å². The van der Waals surface area contributed by atoms with E-state index in [0.29, 0.717) is 17.5 Å². The minimum atomic E-state index is -1.37. The Morgan fingerprint density at radius 1 is 0.705 bits per heavy atom. The normalized spacial score (nSPS) is 17.8. The fourth-order valence-electron chi connectivity index (χ4n) is 6.15. The second-order valence-electron chi connectivity index (χ2n) is 17.9. The molecule has 18 heteroatoms. The molecule has 0 radical (unpaired) electrons. The number of phenolic OH excluding ortho intramolecular Hbond substituents is 2. The van der Waals surface area contributed by atoms with Crippen LogP contribution in [-0.4, -0.2) is 112 Å². The third-order valence-corrected chi connectivity index (χ3v) is 8.92. The zero-order chi connectivity index (χ0) is 45.7. The molecule has 0 aromatic heterocycles. The largest absolute Gasteiger partial charge is 0.508 e. The molecule has 338 valence electrons.